The summed E-state index contributed by atoms with van der Waals surface area (Å²) in [5.41, 5.74) is 0. The van der Waals surface area contributed by atoms with Gasteiger partial charge < -0.3 is 33.8 Å². The van der Waals surface area contributed by atoms with E-state index in [1.165, 1.54) is 70.6 Å². The minimum Gasteiger partial charge on any atom is -0.462 e. The smallest absolute Gasteiger partial charge is 0.462 e. The van der Waals surface area contributed by atoms with Gasteiger partial charge in [-0.2, -0.15) is 0 Å². The predicted octanol–water partition coefficient (Wildman–Crippen LogP) is 24.8. The molecule has 0 heterocycles. The summed E-state index contributed by atoms with van der Waals surface area (Å²) < 4.78 is 68.6. The van der Waals surface area contributed by atoms with Crippen LogP contribution in [0.3, 0.4) is 0 Å². The van der Waals surface area contributed by atoms with Crippen molar-refractivity contribution in [3.63, 3.8) is 0 Å². The highest BCUT2D eigenvalue weighted by Crippen LogP contribution is 2.45. The van der Waals surface area contributed by atoms with Crippen LogP contribution in [-0.4, -0.2) is 96.7 Å². The number of phosphoric ester groups is 2. The highest BCUT2D eigenvalue weighted by atomic mass is 31.2. The molecule has 17 nitrogen and oxygen atoms in total. The molecular formula is C89H148O17P2. The molecule has 0 aromatic carbocycles. The largest absolute Gasteiger partial charge is 0.472 e. The van der Waals surface area contributed by atoms with Crippen molar-refractivity contribution >= 4 is 39.5 Å². The lowest BCUT2D eigenvalue weighted by atomic mass is 10.0. The van der Waals surface area contributed by atoms with Gasteiger partial charge in [-0.25, -0.2) is 9.13 Å². The molecule has 5 atom stereocenters. The first-order chi connectivity index (χ1) is 52.7. The molecule has 0 aromatic heterocycles. The maximum absolute atomic E-state index is 13.1. The van der Waals surface area contributed by atoms with Gasteiger partial charge in [-0.3, -0.25) is 37.3 Å². The second-order valence-electron chi connectivity index (χ2n) is 27.3. The molecule has 0 bridgehead atoms. The summed E-state index contributed by atoms with van der Waals surface area (Å²) in [7, 11) is -10.0. The van der Waals surface area contributed by atoms with E-state index in [0.29, 0.717) is 32.1 Å². The van der Waals surface area contributed by atoms with Gasteiger partial charge in [0, 0.05) is 25.7 Å². The summed E-state index contributed by atoms with van der Waals surface area (Å²) in [6.45, 7) is 4.51. The van der Waals surface area contributed by atoms with Crippen molar-refractivity contribution in [1.82, 2.24) is 0 Å². The fourth-order valence-electron chi connectivity index (χ4n) is 10.7. The zero-order valence-electron chi connectivity index (χ0n) is 67.5. The summed E-state index contributed by atoms with van der Waals surface area (Å²) in [4.78, 5) is 73.1. The lowest BCUT2D eigenvalue weighted by Gasteiger charge is -2.21. The van der Waals surface area contributed by atoms with Gasteiger partial charge in [0.05, 0.1) is 26.4 Å². The molecule has 0 radical (unpaired) electrons. The molecular weight excluding hydrogens is 1400 g/mol. The normalized spacial score (nSPS) is 14.6. The number of phosphoric acid groups is 2. The molecule has 0 aliphatic heterocycles. The summed E-state index contributed by atoms with van der Waals surface area (Å²) in [6, 6.07) is 0. The Morgan fingerprint density at radius 3 is 0.815 bits per heavy atom. The Morgan fingerprint density at radius 1 is 0.269 bits per heavy atom. The Morgan fingerprint density at radius 2 is 0.500 bits per heavy atom. The number of aliphatic hydroxyl groups is 1. The molecule has 0 aliphatic carbocycles. The Balaban J connectivity index is 5.46. The molecule has 0 saturated carbocycles. The third-order valence-electron chi connectivity index (χ3n) is 17.0. The molecule has 5 unspecified atom stereocenters. The molecule has 108 heavy (non-hydrogen) atoms. The summed E-state index contributed by atoms with van der Waals surface area (Å²) in [6.07, 6.45) is 93.7. The average molecular weight is 1550 g/mol. The van der Waals surface area contributed by atoms with Crippen LogP contribution in [0.2, 0.25) is 0 Å². The van der Waals surface area contributed by atoms with Gasteiger partial charge in [0.1, 0.15) is 19.3 Å². The molecule has 0 aromatic rings. The van der Waals surface area contributed by atoms with Crippen LogP contribution in [0, 0.1) is 0 Å². The van der Waals surface area contributed by atoms with Crippen molar-refractivity contribution in [1.29, 1.82) is 0 Å². The predicted molar refractivity (Wildman–Crippen MR) is 445 cm³/mol. The van der Waals surface area contributed by atoms with Crippen LogP contribution in [0.25, 0.3) is 0 Å². The first-order valence-corrected chi connectivity index (χ1v) is 44.7. The van der Waals surface area contributed by atoms with Gasteiger partial charge in [0.2, 0.25) is 0 Å². The van der Waals surface area contributed by atoms with Crippen LogP contribution in [-0.2, 0) is 65.4 Å². The van der Waals surface area contributed by atoms with Crippen LogP contribution in [0.1, 0.15) is 323 Å². The zero-order valence-corrected chi connectivity index (χ0v) is 69.3. The van der Waals surface area contributed by atoms with Crippen LogP contribution in [0.15, 0.2) is 158 Å². The molecule has 616 valence electrons. The Labute approximate surface area is 655 Å². The van der Waals surface area contributed by atoms with E-state index in [0.717, 1.165) is 167 Å². The number of rotatable bonds is 77. The van der Waals surface area contributed by atoms with E-state index >= 15 is 0 Å². The summed E-state index contributed by atoms with van der Waals surface area (Å²) >= 11 is 0. The molecule has 0 rings (SSSR count). The van der Waals surface area contributed by atoms with Crippen LogP contribution in [0.4, 0.5) is 0 Å². The third kappa shape index (κ3) is 78.8. The van der Waals surface area contributed by atoms with Crippen LogP contribution < -0.4 is 0 Å². The molecule has 3 N–H and O–H groups in total. The molecule has 0 amide bonds. The fourth-order valence-corrected chi connectivity index (χ4v) is 12.3. The van der Waals surface area contributed by atoms with Gasteiger partial charge >= 0.3 is 39.5 Å². The SMILES string of the molecule is CC/C=C\C/C=C\C/C=C\C/C=C\C/C=C\C/C=C\CCC(=O)OCC(COP(=O)(O)OCC(O)COP(=O)(O)OCC(COC(=O)CCCCCCCC/C=C\C/C=C\C/C=C\CCCCC)OC(=O)CCCCCCCCCCCCCCC)OC(=O)CCCCCC/C=C\C/C=C\C/C=C\C/C=C\CC. The van der Waals surface area contributed by atoms with E-state index in [1.807, 2.05) is 18.2 Å². The Bertz CT molecular complexity index is 2660. The van der Waals surface area contributed by atoms with E-state index in [2.05, 4.69) is 167 Å². The minimum absolute atomic E-state index is 0.0256. The van der Waals surface area contributed by atoms with Gasteiger partial charge in [-0.1, -0.05) is 314 Å². The number of esters is 4. The van der Waals surface area contributed by atoms with Crippen molar-refractivity contribution in [2.75, 3.05) is 39.6 Å². The van der Waals surface area contributed by atoms with Crippen molar-refractivity contribution in [3.05, 3.63) is 158 Å². The number of carbonyl (C=O) groups is 4. The monoisotopic (exact) mass is 1550 g/mol. The number of allylic oxidation sites excluding steroid dienone is 26. The highest BCUT2D eigenvalue weighted by Gasteiger charge is 2.30. The zero-order chi connectivity index (χ0) is 78.9. The van der Waals surface area contributed by atoms with Crippen LogP contribution >= 0.6 is 15.6 Å². The number of ether oxygens (including phenoxy) is 4. The molecule has 0 aliphatic rings. The lowest BCUT2D eigenvalue weighted by Crippen LogP contribution is -2.30. The number of hydrogen-bond donors (Lipinski definition) is 3. The molecule has 0 fully saturated rings. The van der Waals surface area contributed by atoms with E-state index in [-0.39, 0.29) is 25.7 Å². The second-order valence-corrected chi connectivity index (χ2v) is 30.2. The van der Waals surface area contributed by atoms with E-state index in [9.17, 15) is 43.2 Å². The van der Waals surface area contributed by atoms with Crippen molar-refractivity contribution in [3.8, 4) is 0 Å². The van der Waals surface area contributed by atoms with Crippen molar-refractivity contribution in [2.45, 2.75) is 341 Å². The highest BCUT2D eigenvalue weighted by molar-refractivity contribution is 7.47. The average Bonchev–Trinajstić information content (AvgIpc) is 0.886. The fraction of sp³-hybridized carbons (Fsp3) is 0.663. The summed E-state index contributed by atoms with van der Waals surface area (Å²) in [5.74, 6) is -2.31. The van der Waals surface area contributed by atoms with Crippen molar-refractivity contribution < 1.29 is 80.2 Å². The topological polar surface area (TPSA) is 237 Å². The maximum atomic E-state index is 13.1. The molecule has 19 heteroatoms. The number of aliphatic hydroxyl groups excluding tert-OH is 1. The molecule has 0 spiro atoms. The quantitative estimate of drug-likeness (QED) is 0.0169. The van der Waals surface area contributed by atoms with Gasteiger partial charge in [-0.15, -0.1) is 0 Å². The first kappa shape index (κ1) is 103. The van der Waals surface area contributed by atoms with E-state index in [4.69, 9.17) is 37.0 Å². The second kappa shape index (κ2) is 79.8. The summed E-state index contributed by atoms with van der Waals surface area (Å²) in [5, 5.41) is 10.7. The lowest BCUT2D eigenvalue weighted by molar-refractivity contribution is -0.161. The van der Waals surface area contributed by atoms with E-state index < -0.39 is 97.5 Å². The number of unbranched alkanes of at least 4 members (excludes halogenated alkanes) is 25. The van der Waals surface area contributed by atoms with Gasteiger partial charge in [-0.05, 0) is 141 Å². The number of carbonyl (C=O) groups excluding carboxylic acids is 4. The van der Waals surface area contributed by atoms with E-state index in [1.54, 1.807) is 0 Å². The number of hydrogen-bond acceptors (Lipinski definition) is 15. The van der Waals surface area contributed by atoms with Gasteiger partial charge in [0.15, 0.2) is 12.2 Å². The van der Waals surface area contributed by atoms with Crippen LogP contribution in [0.5, 0.6) is 0 Å². The van der Waals surface area contributed by atoms with Gasteiger partial charge in [0.25, 0.3) is 0 Å². The molecule has 0 saturated heterocycles. The van der Waals surface area contributed by atoms with Crippen molar-refractivity contribution in [2.24, 2.45) is 0 Å². The standard InChI is InChI=1S/C89H148O17P2/c1-5-9-13-17-21-25-29-33-36-39-41-44-46-50-53-57-61-65-69-73-86(91)99-79-84(105-88(93)75-71-67-63-59-55-49-32-28-24-20-16-12-8-4)81-103-107(95,96)101-77-83(90)78-102-108(97,98)104-82-85(106-89(94)76-72-68-64-60-56-52-48-43-38-35-31-27-23-19-15-11-7-3)80-100-87(92)74-70-66-62-58-54-51-47-45-42-40-37-34-30-26-22-18-14-10-6-2/h10-11,14-15,21-23,25-27,33-38,41-42,44-45,48,51-52,54,62,66,83-85,90H,5-9,12-13,16-20,24,28-32,39-40,43,46-47,49-50,53,55-61,63-65,67-82H2,1-4H3,(H,95,96)(H,97,98)/b14-10-,15-11-,25-21-,26-22-,27-23-,36-33-,37-34-,38-35-,44-41-,45-42-,52-48-,54-51-,66-62-. The first-order valence-electron chi connectivity index (χ1n) is 41.7. The maximum Gasteiger partial charge on any atom is 0.472 e. The Kier molecular flexibility index (Phi) is 75.8. The minimum atomic E-state index is -5.01. The third-order valence-corrected chi connectivity index (χ3v) is 18.9. The Hall–Kier alpha value is -5.32.